The van der Waals surface area contributed by atoms with Crippen LogP contribution >= 0.6 is 0 Å². The first-order chi connectivity index (χ1) is 16.6. The van der Waals surface area contributed by atoms with Crippen molar-refractivity contribution in [3.63, 3.8) is 0 Å². The summed E-state index contributed by atoms with van der Waals surface area (Å²) in [5.74, 6) is 0. The molecule has 1 aliphatic rings. The first-order valence-corrected chi connectivity index (χ1v) is 28.3. The van der Waals surface area contributed by atoms with E-state index < -0.39 is 22.9 Å². The molecule has 2 aromatic carbocycles. The monoisotopic (exact) mass is 586 g/mol. The number of hydrogen-bond donors (Lipinski definition) is 0. The van der Waals surface area contributed by atoms with Crippen LogP contribution in [0.5, 0.6) is 0 Å². The molecule has 1 heterocycles. The molecule has 0 spiro atoms. The Labute approximate surface area is 214 Å². The summed E-state index contributed by atoms with van der Waals surface area (Å²) in [6.07, 6.45) is 14.4. The van der Waals surface area contributed by atoms with Crippen molar-refractivity contribution in [2.45, 2.75) is 120 Å². The van der Waals surface area contributed by atoms with Crippen molar-refractivity contribution in [1.29, 1.82) is 0 Å². The van der Waals surface area contributed by atoms with E-state index in [4.69, 9.17) is 3.76 Å². The summed E-state index contributed by atoms with van der Waals surface area (Å²) in [6.45, 7) is 9.49. The van der Waals surface area contributed by atoms with Gasteiger partial charge in [-0.1, -0.05) is 0 Å². The van der Waals surface area contributed by atoms with Crippen molar-refractivity contribution in [2.75, 3.05) is 0 Å². The minimum atomic E-state index is -2.75. The Morgan fingerprint density at radius 3 is 1.50 bits per heavy atom. The van der Waals surface area contributed by atoms with Crippen molar-refractivity contribution in [3.8, 4) is 0 Å². The van der Waals surface area contributed by atoms with Crippen LogP contribution in [0.4, 0.5) is 0 Å². The molecule has 0 aromatic heterocycles. The van der Waals surface area contributed by atoms with Crippen molar-refractivity contribution >= 4 is 31.7 Å². The molecule has 0 unspecified atom stereocenters. The molecular weight excluding hydrogens is 534 g/mol. The molecule has 0 saturated carbocycles. The molecule has 0 amide bonds. The molecule has 3 heteroatoms. The van der Waals surface area contributed by atoms with Gasteiger partial charge < -0.3 is 0 Å². The third-order valence-electron chi connectivity index (χ3n) is 8.52. The van der Waals surface area contributed by atoms with Crippen LogP contribution in [-0.4, -0.2) is 28.5 Å². The summed E-state index contributed by atoms with van der Waals surface area (Å²) in [4.78, 5) is 0. The zero-order valence-corrected chi connectivity index (χ0v) is 26.8. The van der Waals surface area contributed by atoms with Crippen LogP contribution in [0, 0.1) is 0 Å². The second-order valence-corrected chi connectivity index (χ2v) is 44.0. The maximum absolute atomic E-state index is 8.07. The molecule has 1 saturated heterocycles. The number of benzene rings is 2. The maximum atomic E-state index is 8.07. The zero-order valence-electron chi connectivity index (χ0n) is 22.6. The fraction of sp³-hybridized carbons (Fsp3) is 0.613. The summed E-state index contributed by atoms with van der Waals surface area (Å²) in [5.41, 5.74) is 0.159. The number of unbranched alkanes of at least 4 members (excludes halogenated alkanes) is 4. The van der Waals surface area contributed by atoms with Crippen molar-refractivity contribution < 1.29 is 3.76 Å². The van der Waals surface area contributed by atoms with Gasteiger partial charge in [0.1, 0.15) is 0 Å². The Balaban J connectivity index is 2.23. The third kappa shape index (κ3) is 6.06. The Kier molecular flexibility index (Phi) is 11.3. The standard InChI is InChI=1S/C31H50Ge2O/c1-5-9-23-31(24-10-6-2)25-28-33(29-19-15-13-16-20-29,30-21-17-14-18-22-30)32(34-31,26-11-7-3)27-12-8-4/h13-22H,5-12,23-28H2,1-4H3. The van der Waals surface area contributed by atoms with E-state index in [2.05, 4.69) is 88.4 Å². The molecule has 2 aromatic rings. The van der Waals surface area contributed by atoms with Crippen LogP contribution in [0.25, 0.3) is 0 Å². The van der Waals surface area contributed by atoms with Crippen LogP contribution in [0.15, 0.2) is 60.7 Å². The molecular formula is C31H50Ge2O. The van der Waals surface area contributed by atoms with Gasteiger partial charge in [0.05, 0.1) is 0 Å². The second kappa shape index (κ2) is 13.7. The summed E-state index contributed by atoms with van der Waals surface area (Å²) >= 11 is -5.47. The molecule has 188 valence electrons. The summed E-state index contributed by atoms with van der Waals surface area (Å²) in [7, 11) is 0. The fourth-order valence-electron chi connectivity index (χ4n) is 6.68. The molecule has 0 aliphatic carbocycles. The van der Waals surface area contributed by atoms with Gasteiger partial charge in [-0.3, -0.25) is 0 Å². The van der Waals surface area contributed by atoms with Crippen molar-refractivity contribution in [1.82, 2.24) is 0 Å². The Morgan fingerprint density at radius 2 is 1.09 bits per heavy atom. The van der Waals surface area contributed by atoms with Crippen LogP contribution < -0.4 is 8.79 Å². The SMILES string of the molecule is CCCCC1(CCCC)C[CH2][Ge]([c]2ccccc2)([c]2ccccc2)[Ge]([CH2]CCC)([CH2]CCC)[O]1. The van der Waals surface area contributed by atoms with Gasteiger partial charge in [0, 0.05) is 0 Å². The summed E-state index contributed by atoms with van der Waals surface area (Å²) in [6, 6.07) is 23.7. The minimum absolute atomic E-state index is 0.159. The normalized spacial score (nSPS) is 18.6. The number of hydrogen-bond acceptors (Lipinski definition) is 1. The zero-order chi connectivity index (χ0) is 24.3. The van der Waals surface area contributed by atoms with E-state index in [0.29, 0.717) is 0 Å². The van der Waals surface area contributed by atoms with Gasteiger partial charge in [-0.15, -0.1) is 0 Å². The first kappa shape index (κ1) is 28.1. The van der Waals surface area contributed by atoms with E-state index in [1.165, 1.54) is 86.4 Å². The van der Waals surface area contributed by atoms with Crippen LogP contribution in [0.1, 0.15) is 98.3 Å². The van der Waals surface area contributed by atoms with Crippen molar-refractivity contribution in [2.24, 2.45) is 0 Å². The van der Waals surface area contributed by atoms with Gasteiger partial charge in [-0.05, 0) is 0 Å². The molecule has 0 radical (unpaired) electrons. The average Bonchev–Trinajstić information content (AvgIpc) is 2.90. The second-order valence-electron chi connectivity index (χ2n) is 10.8. The predicted octanol–water partition coefficient (Wildman–Crippen LogP) is 8.41. The first-order valence-electron chi connectivity index (χ1n) is 14.4. The van der Waals surface area contributed by atoms with Gasteiger partial charge in [0.15, 0.2) is 0 Å². The van der Waals surface area contributed by atoms with Crippen molar-refractivity contribution in [3.05, 3.63) is 60.7 Å². The Hall–Kier alpha value is -0.514. The van der Waals surface area contributed by atoms with Crippen LogP contribution in [0.3, 0.4) is 0 Å². The molecule has 3 rings (SSSR count). The molecule has 0 atom stereocenters. The van der Waals surface area contributed by atoms with Crippen LogP contribution in [0.2, 0.25) is 15.8 Å². The predicted molar refractivity (Wildman–Crippen MR) is 155 cm³/mol. The van der Waals surface area contributed by atoms with E-state index >= 15 is 0 Å². The number of rotatable bonds is 14. The Morgan fingerprint density at radius 1 is 0.647 bits per heavy atom. The van der Waals surface area contributed by atoms with Gasteiger partial charge in [-0.25, -0.2) is 0 Å². The van der Waals surface area contributed by atoms with E-state index in [0.717, 1.165) is 0 Å². The Bertz CT molecular complexity index is 764. The summed E-state index contributed by atoms with van der Waals surface area (Å²) in [5, 5.41) is 4.29. The molecule has 1 fully saturated rings. The molecule has 0 bridgehead atoms. The van der Waals surface area contributed by atoms with E-state index in [-0.39, 0.29) is 5.60 Å². The van der Waals surface area contributed by atoms with Gasteiger partial charge in [-0.2, -0.15) is 0 Å². The van der Waals surface area contributed by atoms with Gasteiger partial charge in [0.2, 0.25) is 0 Å². The third-order valence-corrected chi connectivity index (χ3v) is 58.6. The quantitative estimate of drug-likeness (QED) is 0.203. The molecule has 1 nitrogen and oxygen atoms in total. The topological polar surface area (TPSA) is 9.23 Å². The van der Waals surface area contributed by atoms with Crippen LogP contribution in [-0.2, 0) is 3.76 Å². The van der Waals surface area contributed by atoms with E-state index in [1.807, 2.05) is 0 Å². The summed E-state index contributed by atoms with van der Waals surface area (Å²) < 4.78 is 11.5. The van der Waals surface area contributed by atoms with Gasteiger partial charge in [0.25, 0.3) is 0 Å². The van der Waals surface area contributed by atoms with E-state index in [1.54, 1.807) is 8.79 Å². The van der Waals surface area contributed by atoms with Gasteiger partial charge >= 0.3 is 216 Å². The molecule has 0 N–H and O–H groups in total. The van der Waals surface area contributed by atoms with E-state index in [9.17, 15) is 0 Å². The average molecular weight is 584 g/mol. The molecule has 34 heavy (non-hydrogen) atoms. The fourth-order valence-corrected chi connectivity index (χ4v) is 64.9. The molecule has 1 aliphatic heterocycles.